The second kappa shape index (κ2) is 4.15. The number of benzene rings is 1. The highest BCUT2D eigenvalue weighted by atomic mass is 15.1. The third kappa shape index (κ3) is 2.05. The van der Waals surface area contributed by atoms with E-state index in [0.29, 0.717) is 6.04 Å². The van der Waals surface area contributed by atoms with Gasteiger partial charge in [0.25, 0.3) is 0 Å². The summed E-state index contributed by atoms with van der Waals surface area (Å²) >= 11 is 0. The Bertz CT molecular complexity index is 361. The summed E-state index contributed by atoms with van der Waals surface area (Å²) in [5, 5.41) is 9.00. The third-order valence-corrected chi connectivity index (χ3v) is 2.43. The fourth-order valence-corrected chi connectivity index (χ4v) is 1.33. The zero-order valence-corrected chi connectivity index (χ0v) is 9.20. The van der Waals surface area contributed by atoms with Crippen molar-refractivity contribution in [2.24, 2.45) is 0 Å². The highest BCUT2D eigenvalue weighted by Crippen LogP contribution is 2.21. The van der Waals surface area contributed by atoms with Crippen molar-refractivity contribution in [1.82, 2.24) is 0 Å². The average Bonchev–Trinajstić information content (AvgIpc) is 2.16. The quantitative estimate of drug-likeness (QED) is 0.713. The van der Waals surface area contributed by atoms with E-state index >= 15 is 0 Å². The summed E-state index contributed by atoms with van der Waals surface area (Å²) in [5.74, 6) is 0. The molecule has 0 amide bonds. The number of hydrogen-bond donors (Lipinski definition) is 0. The summed E-state index contributed by atoms with van der Waals surface area (Å²) in [5.41, 5.74) is 2.89. The Labute approximate surface area is 85.8 Å². The van der Waals surface area contributed by atoms with E-state index < -0.39 is 0 Å². The Morgan fingerprint density at radius 3 is 2.50 bits per heavy atom. The van der Waals surface area contributed by atoms with E-state index in [1.165, 1.54) is 0 Å². The normalized spacial score (nSPS) is 10.0. The van der Waals surface area contributed by atoms with Gasteiger partial charge in [0.15, 0.2) is 0 Å². The van der Waals surface area contributed by atoms with Crippen LogP contribution >= 0.6 is 0 Å². The van der Waals surface area contributed by atoms with Crippen molar-refractivity contribution in [2.45, 2.75) is 26.8 Å². The third-order valence-electron chi connectivity index (χ3n) is 2.43. The van der Waals surface area contributed by atoms with Crippen molar-refractivity contribution in [3.05, 3.63) is 29.3 Å². The minimum Gasteiger partial charge on any atom is -0.371 e. The van der Waals surface area contributed by atoms with Crippen molar-refractivity contribution in [3.8, 4) is 6.07 Å². The zero-order valence-electron chi connectivity index (χ0n) is 9.20. The molecule has 1 rings (SSSR count). The fourth-order valence-electron chi connectivity index (χ4n) is 1.33. The molecular weight excluding hydrogens is 172 g/mol. The van der Waals surface area contributed by atoms with Gasteiger partial charge >= 0.3 is 0 Å². The lowest BCUT2D eigenvalue weighted by molar-refractivity contribution is 0.753. The van der Waals surface area contributed by atoms with Gasteiger partial charge in [-0.15, -0.1) is 0 Å². The van der Waals surface area contributed by atoms with Crippen LogP contribution in [0.5, 0.6) is 0 Å². The molecule has 0 radical (unpaired) electrons. The molecule has 2 heteroatoms. The smallest absolute Gasteiger partial charge is 0.101 e. The number of hydrogen-bond acceptors (Lipinski definition) is 2. The minimum atomic E-state index is 0.407. The summed E-state index contributed by atoms with van der Waals surface area (Å²) in [6, 6.07) is 8.61. The molecule has 0 heterocycles. The molecule has 0 aliphatic rings. The van der Waals surface area contributed by atoms with Gasteiger partial charge in [0.2, 0.25) is 0 Å². The molecule has 0 unspecified atom stereocenters. The summed E-state index contributed by atoms with van der Waals surface area (Å²) in [6.45, 7) is 6.22. The Morgan fingerprint density at radius 2 is 2.00 bits per heavy atom. The first-order valence-corrected chi connectivity index (χ1v) is 4.80. The number of nitriles is 1. The first kappa shape index (κ1) is 10.6. The summed E-state index contributed by atoms with van der Waals surface area (Å²) < 4.78 is 0. The van der Waals surface area contributed by atoms with Crippen molar-refractivity contribution in [3.63, 3.8) is 0 Å². The maximum atomic E-state index is 9.00. The van der Waals surface area contributed by atoms with Gasteiger partial charge in [0.05, 0.1) is 11.3 Å². The fraction of sp³-hybridized carbons (Fsp3) is 0.417. The molecule has 0 N–H and O–H groups in total. The van der Waals surface area contributed by atoms with Gasteiger partial charge in [-0.25, -0.2) is 0 Å². The lowest BCUT2D eigenvalue weighted by Crippen LogP contribution is -2.26. The molecule has 0 atom stereocenters. The molecular formula is C12H16N2. The van der Waals surface area contributed by atoms with Crippen molar-refractivity contribution in [2.75, 3.05) is 11.9 Å². The lowest BCUT2D eigenvalue weighted by Gasteiger charge is -2.24. The Hall–Kier alpha value is -1.49. The summed E-state index contributed by atoms with van der Waals surface area (Å²) in [7, 11) is 2.01. The van der Waals surface area contributed by atoms with Crippen LogP contribution in [0.4, 0.5) is 5.69 Å². The average molecular weight is 188 g/mol. The van der Waals surface area contributed by atoms with Gasteiger partial charge < -0.3 is 4.90 Å². The predicted octanol–water partition coefficient (Wildman–Crippen LogP) is 2.71. The van der Waals surface area contributed by atoms with E-state index in [1.807, 2.05) is 32.2 Å². The maximum absolute atomic E-state index is 9.00. The Kier molecular flexibility index (Phi) is 3.14. The van der Waals surface area contributed by atoms with Gasteiger partial charge in [0, 0.05) is 13.1 Å². The lowest BCUT2D eigenvalue weighted by atomic mass is 10.1. The van der Waals surface area contributed by atoms with Crippen LogP contribution in [0.2, 0.25) is 0 Å². The highest BCUT2D eigenvalue weighted by Gasteiger charge is 2.09. The maximum Gasteiger partial charge on any atom is 0.101 e. The molecule has 14 heavy (non-hydrogen) atoms. The number of anilines is 1. The van der Waals surface area contributed by atoms with Gasteiger partial charge in [-0.2, -0.15) is 5.26 Å². The SMILES string of the molecule is Cc1ccc(N(C)C(C)C)c(C#N)c1. The number of nitrogens with zero attached hydrogens (tertiary/aromatic N) is 2. The first-order valence-electron chi connectivity index (χ1n) is 4.80. The monoisotopic (exact) mass is 188 g/mol. The second-order valence-corrected chi connectivity index (χ2v) is 3.84. The van der Waals surface area contributed by atoms with Gasteiger partial charge in [0.1, 0.15) is 6.07 Å². The molecule has 0 aliphatic heterocycles. The molecule has 2 nitrogen and oxygen atoms in total. The second-order valence-electron chi connectivity index (χ2n) is 3.84. The standard InChI is InChI=1S/C12H16N2/c1-9(2)14(4)12-6-5-10(3)7-11(12)8-13/h5-7,9H,1-4H3. The van der Waals surface area contributed by atoms with Gasteiger partial charge in [-0.3, -0.25) is 0 Å². The van der Waals surface area contributed by atoms with Crippen LogP contribution in [0.1, 0.15) is 25.0 Å². The number of rotatable bonds is 2. The largest absolute Gasteiger partial charge is 0.371 e. The molecule has 0 aromatic heterocycles. The van der Waals surface area contributed by atoms with Crippen LogP contribution in [0.15, 0.2) is 18.2 Å². The summed E-state index contributed by atoms with van der Waals surface area (Å²) in [4.78, 5) is 2.11. The zero-order chi connectivity index (χ0) is 10.7. The van der Waals surface area contributed by atoms with E-state index in [0.717, 1.165) is 16.8 Å². The molecule has 0 saturated heterocycles. The molecule has 1 aromatic carbocycles. The topological polar surface area (TPSA) is 27.0 Å². The van der Waals surface area contributed by atoms with Crippen LogP contribution in [0.25, 0.3) is 0 Å². The van der Waals surface area contributed by atoms with E-state index in [4.69, 9.17) is 5.26 Å². The molecule has 74 valence electrons. The molecule has 1 aromatic rings. The molecule has 0 saturated carbocycles. The van der Waals surface area contributed by atoms with E-state index in [-0.39, 0.29) is 0 Å². The molecule has 0 fully saturated rings. The summed E-state index contributed by atoms with van der Waals surface area (Å²) in [6.07, 6.45) is 0. The van der Waals surface area contributed by atoms with Crippen LogP contribution < -0.4 is 4.90 Å². The van der Waals surface area contributed by atoms with Crippen molar-refractivity contribution >= 4 is 5.69 Å². The highest BCUT2D eigenvalue weighted by molar-refractivity contribution is 5.60. The van der Waals surface area contributed by atoms with Crippen molar-refractivity contribution in [1.29, 1.82) is 5.26 Å². The Morgan fingerprint density at radius 1 is 1.36 bits per heavy atom. The Balaban J connectivity index is 3.16. The number of aryl methyl sites for hydroxylation is 1. The predicted molar refractivity (Wildman–Crippen MR) is 59.4 cm³/mol. The van der Waals surface area contributed by atoms with E-state index in [2.05, 4.69) is 24.8 Å². The minimum absolute atomic E-state index is 0.407. The van der Waals surface area contributed by atoms with E-state index in [1.54, 1.807) is 0 Å². The van der Waals surface area contributed by atoms with Gasteiger partial charge in [-0.1, -0.05) is 6.07 Å². The van der Waals surface area contributed by atoms with Crippen LogP contribution in [0.3, 0.4) is 0 Å². The molecule has 0 spiro atoms. The van der Waals surface area contributed by atoms with Gasteiger partial charge in [-0.05, 0) is 38.5 Å². The molecule has 0 aliphatic carbocycles. The molecule has 0 bridgehead atoms. The van der Waals surface area contributed by atoms with E-state index in [9.17, 15) is 0 Å². The van der Waals surface area contributed by atoms with Crippen LogP contribution in [-0.4, -0.2) is 13.1 Å². The first-order chi connectivity index (χ1) is 6.56. The van der Waals surface area contributed by atoms with Crippen LogP contribution in [0, 0.1) is 18.3 Å². The van der Waals surface area contributed by atoms with Crippen LogP contribution in [-0.2, 0) is 0 Å². The van der Waals surface area contributed by atoms with Crippen molar-refractivity contribution < 1.29 is 0 Å².